The van der Waals surface area contributed by atoms with Crippen molar-refractivity contribution < 1.29 is 9.90 Å². The Balaban J connectivity index is 2.19. The Morgan fingerprint density at radius 1 is 1.69 bits per heavy atom. The number of rotatable bonds is 1. The minimum atomic E-state index is -0.960. The summed E-state index contributed by atoms with van der Waals surface area (Å²) in [5, 5.41) is 17.0. The molecule has 2 aliphatic rings. The molecule has 0 aromatic heterocycles. The summed E-state index contributed by atoms with van der Waals surface area (Å²) >= 11 is 1.36. The number of aliphatic carboxylic acids is 1. The topological polar surface area (TPSA) is 73.7 Å². The Morgan fingerprint density at radius 2 is 2.54 bits per heavy atom. The van der Waals surface area contributed by atoms with Gasteiger partial charge in [-0.15, -0.1) is 0 Å². The predicted molar refractivity (Wildman–Crippen MR) is 50.0 cm³/mol. The van der Waals surface area contributed by atoms with Crippen LogP contribution in [0.25, 0.3) is 0 Å². The van der Waals surface area contributed by atoms with Gasteiger partial charge in [0.1, 0.15) is 12.4 Å². The monoisotopic (exact) mass is 197 g/mol. The van der Waals surface area contributed by atoms with Crippen LogP contribution in [-0.4, -0.2) is 24.0 Å². The second kappa shape index (κ2) is 3.14. The highest BCUT2D eigenvalue weighted by atomic mass is 32.2. The van der Waals surface area contributed by atoms with E-state index in [2.05, 4.69) is 15.6 Å². The van der Waals surface area contributed by atoms with Crippen molar-refractivity contribution in [2.75, 3.05) is 6.67 Å². The van der Waals surface area contributed by atoms with E-state index in [0.717, 1.165) is 10.7 Å². The molecule has 0 saturated heterocycles. The van der Waals surface area contributed by atoms with Gasteiger partial charge in [-0.05, 0) is 0 Å². The van der Waals surface area contributed by atoms with E-state index in [4.69, 9.17) is 5.11 Å². The highest BCUT2D eigenvalue weighted by molar-refractivity contribution is 8.05. The first-order valence-corrected chi connectivity index (χ1v) is 4.50. The van der Waals surface area contributed by atoms with Crippen LogP contribution in [0.1, 0.15) is 0 Å². The second-order valence-electron chi connectivity index (χ2n) is 2.47. The van der Waals surface area contributed by atoms with Gasteiger partial charge in [-0.25, -0.2) is 4.79 Å². The number of hydrogen-bond donors (Lipinski definition) is 3. The first-order chi connectivity index (χ1) is 6.27. The molecule has 5 nitrogen and oxygen atoms in total. The molecule has 0 aromatic carbocycles. The Morgan fingerprint density at radius 3 is 3.31 bits per heavy atom. The molecular formula is C7H7N3O2S. The van der Waals surface area contributed by atoms with Gasteiger partial charge in [-0.2, -0.15) is 0 Å². The summed E-state index contributed by atoms with van der Waals surface area (Å²) in [6.07, 6.45) is 1.63. The van der Waals surface area contributed by atoms with Gasteiger partial charge >= 0.3 is 5.97 Å². The Hall–Kier alpha value is -1.43. The molecule has 0 fully saturated rings. The summed E-state index contributed by atoms with van der Waals surface area (Å²) in [6.45, 7) is 0.545. The van der Waals surface area contributed by atoms with Gasteiger partial charge < -0.3 is 15.7 Å². The van der Waals surface area contributed by atoms with Crippen molar-refractivity contribution >= 4 is 23.9 Å². The van der Waals surface area contributed by atoms with Crippen molar-refractivity contribution in [2.45, 2.75) is 0 Å². The number of nitrogens with zero attached hydrogens (tertiary/aromatic N) is 1. The van der Waals surface area contributed by atoms with E-state index >= 15 is 0 Å². The minimum absolute atomic E-state index is 0.180. The van der Waals surface area contributed by atoms with Crippen molar-refractivity contribution in [2.24, 2.45) is 4.99 Å². The number of nitrogens with one attached hydrogen (secondary N) is 2. The maximum atomic E-state index is 10.6. The number of allylic oxidation sites excluding steroid dienone is 1. The third-order valence-electron chi connectivity index (χ3n) is 1.59. The summed E-state index contributed by atoms with van der Waals surface area (Å²) in [5.74, 6) is -0.960. The number of thioether (sulfide) groups is 1. The predicted octanol–water partition coefficient (Wildman–Crippen LogP) is 0.0494. The standard InChI is InChI=1S/C7H7N3O2S/c11-7(12)5-2-13-6-4(10-5)1-8-3-9-6/h1-2,9-10H,3H2,(H,11,12). The molecule has 2 rings (SSSR count). The van der Waals surface area contributed by atoms with Crippen molar-refractivity contribution in [1.29, 1.82) is 0 Å². The normalized spacial score (nSPS) is 19.8. The van der Waals surface area contributed by atoms with Crippen molar-refractivity contribution in [3.05, 3.63) is 21.8 Å². The summed E-state index contributed by atoms with van der Waals surface area (Å²) in [5.41, 5.74) is 0.898. The molecule has 13 heavy (non-hydrogen) atoms. The number of hydrogen-bond acceptors (Lipinski definition) is 5. The SMILES string of the molecule is O=C(O)C1=CSC2=C(C=NCN2)N1. The van der Waals surface area contributed by atoms with Crippen LogP contribution >= 0.6 is 11.8 Å². The Kier molecular flexibility index (Phi) is 1.97. The lowest BCUT2D eigenvalue weighted by Crippen LogP contribution is -2.30. The zero-order valence-corrected chi connectivity index (χ0v) is 7.39. The fourth-order valence-electron chi connectivity index (χ4n) is 0.999. The summed E-state index contributed by atoms with van der Waals surface area (Å²) in [7, 11) is 0. The van der Waals surface area contributed by atoms with Crippen LogP contribution < -0.4 is 10.6 Å². The first-order valence-electron chi connectivity index (χ1n) is 3.62. The molecule has 0 amide bonds. The number of carbonyl (C=O) groups is 1. The van der Waals surface area contributed by atoms with E-state index < -0.39 is 5.97 Å². The molecule has 3 N–H and O–H groups in total. The minimum Gasteiger partial charge on any atom is -0.477 e. The van der Waals surface area contributed by atoms with Crippen LogP contribution in [0.2, 0.25) is 0 Å². The third kappa shape index (κ3) is 1.52. The van der Waals surface area contributed by atoms with E-state index in [9.17, 15) is 4.79 Å². The molecule has 0 atom stereocenters. The van der Waals surface area contributed by atoms with Crippen LogP contribution in [0.5, 0.6) is 0 Å². The lowest BCUT2D eigenvalue weighted by atomic mass is 10.4. The highest BCUT2D eigenvalue weighted by Gasteiger charge is 2.18. The van der Waals surface area contributed by atoms with Gasteiger partial charge in [-0.3, -0.25) is 4.99 Å². The van der Waals surface area contributed by atoms with Crippen molar-refractivity contribution in [3.63, 3.8) is 0 Å². The van der Waals surface area contributed by atoms with E-state index in [1.54, 1.807) is 11.6 Å². The Bertz CT molecular complexity index is 346. The summed E-state index contributed by atoms with van der Waals surface area (Å²) in [6, 6.07) is 0. The lowest BCUT2D eigenvalue weighted by molar-refractivity contribution is -0.132. The van der Waals surface area contributed by atoms with Gasteiger partial charge in [0.05, 0.1) is 10.7 Å². The van der Waals surface area contributed by atoms with Gasteiger partial charge in [0.25, 0.3) is 0 Å². The van der Waals surface area contributed by atoms with Crippen LogP contribution in [-0.2, 0) is 4.79 Å². The average Bonchev–Trinajstić information content (AvgIpc) is 2.17. The zero-order valence-electron chi connectivity index (χ0n) is 6.57. The zero-order chi connectivity index (χ0) is 9.26. The molecule has 0 aliphatic carbocycles. The molecule has 68 valence electrons. The van der Waals surface area contributed by atoms with Gasteiger partial charge in [0.15, 0.2) is 0 Å². The highest BCUT2D eigenvalue weighted by Crippen LogP contribution is 2.24. The maximum absolute atomic E-state index is 10.6. The molecule has 6 heteroatoms. The van der Waals surface area contributed by atoms with E-state index in [-0.39, 0.29) is 5.70 Å². The largest absolute Gasteiger partial charge is 0.477 e. The molecule has 2 aliphatic heterocycles. The van der Waals surface area contributed by atoms with E-state index in [0.29, 0.717) is 6.67 Å². The summed E-state index contributed by atoms with van der Waals surface area (Å²) in [4.78, 5) is 14.6. The van der Waals surface area contributed by atoms with E-state index in [1.807, 2.05) is 0 Å². The quantitative estimate of drug-likeness (QED) is 0.554. The molecule has 2 heterocycles. The molecule has 0 saturated carbocycles. The smallest absolute Gasteiger partial charge is 0.352 e. The third-order valence-corrected chi connectivity index (χ3v) is 2.54. The summed E-state index contributed by atoms with van der Waals surface area (Å²) < 4.78 is 0. The Labute approximate surface area is 78.6 Å². The van der Waals surface area contributed by atoms with Crippen LogP contribution in [0.3, 0.4) is 0 Å². The fourth-order valence-corrected chi connectivity index (χ4v) is 1.77. The maximum Gasteiger partial charge on any atom is 0.352 e. The second-order valence-corrected chi connectivity index (χ2v) is 3.35. The van der Waals surface area contributed by atoms with Crippen LogP contribution in [0.4, 0.5) is 0 Å². The molecule has 0 spiro atoms. The first kappa shape index (κ1) is 8.18. The van der Waals surface area contributed by atoms with Gasteiger partial charge in [0, 0.05) is 11.6 Å². The van der Waals surface area contributed by atoms with Crippen molar-refractivity contribution in [3.8, 4) is 0 Å². The molecular weight excluding hydrogens is 190 g/mol. The lowest BCUT2D eigenvalue weighted by Gasteiger charge is -2.20. The number of carboxylic acids is 1. The van der Waals surface area contributed by atoms with Crippen molar-refractivity contribution in [1.82, 2.24) is 10.6 Å². The fraction of sp³-hybridized carbons (Fsp3) is 0.143. The van der Waals surface area contributed by atoms with Gasteiger partial charge in [0.2, 0.25) is 0 Å². The molecule has 0 unspecified atom stereocenters. The van der Waals surface area contributed by atoms with Crippen LogP contribution in [0, 0.1) is 0 Å². The molecule has 0 bridgehead atoms. The van der Waals surface area contributed by atoms with Gasteiger partial charge in [-0.1, -0.05) is 11.8 Å². The van der Waals surface area contributed by atoms with Crippen LogP contribution in [0.15, 0.2) is 26.8 Å². The average molecular weight is 197 g/mol. The molecule has 0 aromatic rings. The molecule has 0 radical (unpaired) electrons. The van der Waals surface area contributed by atoms with E-state index in [1.165, 1.54) is 11.8 Å². The number of aliphatic imine (C=N–C) groups is 1. The number of carboxylic acid groups (broad SMARTS) is 1.